The maximum atomic E-state index is 5.72. The summed E-state index contributed by atoms with van der Waals surface area (Å²) in [5.41, 5.74) is 0.957. The second-order valence-electron chi connectivity index (χ2n) is 3.55. The van der Waals surface area contributed by atoms with Gasteiger partial charge in [-0.2, -0.15) is 0 Å². The van der Waals surface area contributed by atoms with Gasteiger partial charge in [-0.15, -0.1) is 0 Å². The Hall–Kier alpha value is -1.94. The van der Waals surface area contributed by atoms with Crippen LogP contribution in [-0.2, 0) is 6.54 Å². The highest BCUT2D eigenvalue weighted by Gasteiger charge is 2.05. The van der Waals surface area contributed by atoms with E-state index in [4.69, 9.17) is 4.74 Å². The van der Waals surface area contributed by atoms with Crippen molar-refractivity contribution in [1.82, 2.24) is 15.3 Å². The van der Waals surface area contributed by atoms with Gasteiger partial charge in [0.25, 0.3) is 0 Å². The molecule has 1 aromatic heterocycles. The van der Waals surface area contributed by atoms with Gasteiger partial charge in [-0.3, -0.25) is 0 Å². The van der Waals surface area contributed by atoms with Crippen LogP contribution >= 0.6 is 0 Å². The molecule has 0 saturated carbocycles. The molecule has 4 heteroatoms. The van der Waals surface area contributed by atoms with Crippen LogP contribution in [0, 0.1) is 0 Å². The van der Waals surface area contributed by atoms with Gasteiger partial charge in [0.05, 0.1) is 0 Å². The molecule has 0 aliphatic carbocycles. The van der Waals surface area contributed by atoms with Crippen LogP contribution in [0.1, 0.15) is 12.5 Å². The molecule has 0 fully saturated rings. The van der Waals surface area contributed by atoms with Gasteiger partial charge in [-0.25, -0.2) is 9.97 Å². The molecule has 0 aliphatic rings. The standard InChI is InChI=1S/C13H15N3O/c1-2-14-8-11-9-15-10-16-13(11)17-12-6-4-3-5-7-12/h3-7,9-10,14H,2,8H2,1H3. The quantitative estimate of drug-likeness (QED) is 0.855. The molecule has 0 unspecified atom stereocenters. The second kappa shape index (κ2) is 5.96. The summed E-state index contributed by atoms with van der Waals surface area (Å²) in [6, 6.07) is 9.62. The smallest absolute Gasteiger partial charge is 0.226 e. The zero-order valence-electron chi connectivity index (χ0n) is 9.76. The summed E-state index contributed by atoms with van der Waals surface area (Å²) >= 11 is 0. The largest absolute Gasteiger partial charge is 0.439 e. The average Bonchev–Trinajstić information content (AvgIpc) is 2.39. The number of ether oxygens (including phenoxy) is 1. The van der Waals surface area contributed by atoms with Crippen LogP contribution in [-0.4, -0.2) is 16.5 Å². The predicted octanol–water partition coefficient (Wildman–Crippen LogP) is 2.38. The molecule has 0 amide bonds. The van der Waals surface area contributed by atoms with E-state index >= 15 is 0 Å². The summed E-state index contributed by atoms with van der Waals surface area (Å²) in [6.07, 6.45) is 3.27. The second-order valence-corrected chi connectivity index (χ2v) is 3.55. The molecule has 2 aromatic rings. The van der Waals surface area contributed by atoms with Gasteiger partial charge in [-0.05, 0) is 18.7 Å². The van der Waals surface area contributed by atoms with Crippen molar-refractivity contribution in [2.24, 2.45) is 0 Å². The Labute approximate surface area is 101 Å². The van der Waals surface area contributed by atoms with E-state index in [9.17, 15) is 0 Å². The van der Waals surface area contributed by atoms with E-state index in [1.54, 1.807) is 6.20 Å². The number of hydrogen-bond donors (Lipinski definition) is 1. The van der Waals surface area contributed by atoms with Gasteiger partial charge in [-0.1, -0.05) is 25.1 Å². The molecule has 1 heterocycles. The van der Waals surface area contributed by atoms with Gasteiger partial charge in [0.15, 0.2) is 0 Å². The third-order valence-corrected chi connectivity index (χ3v) is 2.27. The van der Waals surface area contributed by atoms with Crippen LogP contribution in [0.15, 0.2) is 42.9 Å². The summed E-state index contributed by atoms with van der Waals surface area (Å²) < 4.78 is 5.72. The number of rotatable bonds is 5. The molecular weight excluding hydrogens is 214 g/mol. The minimum atomic E-state index is 0.604. The Kier molecular flexibility index (Phi) is 4.05. The summed E-state index contributed by atoms with van der Waals surface area (Å²) in [6.45, 7) is 3.67. The molecule has 0 saturated heterocycles. The monoisotopic (exact) mass is 229 g/mol. The van der Waals surface area contributed by atoms with Crippen LogP contribution in [0.4, 0.5) is 0 Å². The summed E-state index contributed by atoms with van der Waals surface area (Å²) in [4.78, 5) is 8.16. The van der Waals surface area contributed by atoms with Crippen molar-refractivity contribution < 1.29 is 4.74 Å². The van der Waals surface area contributed by atoms with E-state index in [0.29, 0.717) is 12.4 Å². The first kappa shape index (κ1) is 11.5. The van der Waals surface area contributed by atoms with E-state index in [-0.39, 0.29) is 0 Å². The van der Waals surface area contributed by atoms with Crippen molar-refractivity contribution in [3.63, 3.8) is 0 Å². The molecule has 17 heavy (non-hydrogen) atoms. The minimum absolute atomic E-state index is 0.604. The lowest BCUT2D eigenvalue weighted by molar-refractivity contribution is 0.451. The molecule has 4 nitrogen and oxygen atoms in total. The average molecular weight is 229 g/mol. The lowest BCUT2D eigenvalue weighted by atomic mass is 10.3. The fourth-order valence-electron chi connectivity index (χ4n) is 1.42. The molecular formula is C13H15N3O. The van der Waals surface area contributed by atoms with Crippen LogP contribution in [0.5, 0.6) is 11.6 Å². The Morgan fingerprint density at radius 1 is 1.24 bits per heavy atom. The normalized spacial score (nSPS) is 10.2. The third kappa shape index (κ3) is 3.26. The van der Waals surface area contributed by atoms with Crippen molar-refractivity contribution in [2.75, 3.05) is 6.54 Å². The maximum Gasteiger partial charge on any atom is 0.226 e. The topological polar surface area (TPSA) is 47.0 Å². The Balaban J connectivity index is 2.15. The van der Waals surface area contributed by atoms with Crippen LogP contribution < -0.4 is 10.1 Å². The molecule has 0 aliphatic heterocycles. The van der Waals surface area contributed by atoms with E-state index in [0.717, 1.165) is 17.9 Å². The van der Waals surface area contributed by atoms with E-state index in [2.05, 4.69) is 22.2 Å². The zero-order chi connectivity index (χ0) is 11.9. The highest BCUT2D eigenvalue weighted by molar-refractivity contribution is 5.30. The van der Waals surface area contributed by atoms with Crippen molar-refractivity contribution in [2.45, 2.75) is 13.5 Å². The van der Waals surface area contributed by atoms with Crippen molar-refractivity contribution in [3.8, 4) is 11.6 Å². The molecule has 1 aromatic carbocycles. The predicted molar refractivity (Wildman–Crippen MR) is 65.9 cm³/mol. The van der Waals surface area contributed by atoms with E-state index < -0.39 is 0 Å². The Morgan fingerprint density at radius 2 is 2.06 bits per heavy atom. The number of nitrogens with one attached hydrogen (secondary N) is 1. The number of hydrogen-bond acceptors (Lipinski definition) is 4. The van der Waals surface area contributed by atoms with Gasteiger partial charge in [0.1, 0.15) is 12.1 Å². The lowest BCUT2D eigenvalue weighted by Crippen LogP contribution is -2.13. The summed E-state index contributed by atoms with van der Waals surface area (Å²) in [7, 11) is 0. The third-order valence-electron chi connectivity index (χ3n) is 2.27. The molecule has 0 spiro atoms. The molecule has 1 N–H and O–H groups in total. The first-order valence-corrected chi connectivity index (χ1v) is 5.62. The Bertz CT molecular complexity index is 459. The highest BCUT2D eigenvalue weighted by Crippen LogP contribution is 2.21. The van der Waals surface area contributed by atoms with Crippen LogP contribution in [0.25, 0.3) is 0 Å². The molecule has 0 bridgehead atoms. The number of nitrogens with zero attached hydrogens (tertiary/aromatic N) is 2. The van der Waals surface area contributed by atoms with Crippen LogP contribution in [0.2, 0.25) is 0 Å². The van der Waals surface area contributed by atoms with Gasteiger partial charge < -0.3 is 10.1 Å². The number of para-hydroxylation sites is 1. The zero-order valence-corrected chi connectivity index (χ0v) is 9.76. The van der Waals surface area contributed by atoms with Gasteiger partial charge in [0, 0.05) is 18.3 Å². The first-order valence-electron chi connectivity index (χ1n) is 5.62. The van der Waals surface area contributed by atoms with Crippen molar-refractivity contribution >= 4 is 0 Å². The molecule has 2 rings (SSSR count). The molecule has 88 valence electrons. The number of aromatic nitrogens is 2. The summed E-state index contributed by atoms with van der Waals surface area (Å²) in [5.74, 6) is 1.39. The fourth-order valence-corrected chi connectivity index (χ4v) is 1.42. The van der Waals surface area contributed by atoms with Crippen molar-refractivity contribution in [3.05, 3.63) is 48.4 Å². The number of benzene rings is 1. The molecule has 0 radical (unpaired) electrons. The molecule has 0 atom stereocenters. The maximum absolute atomic E-state index is 5.72. The Morgan fingerprint density at radius 3 is 2.82 bits per heavy atom. The summed E-state index contributed by atoms with van der Waals surface area (Å²) in [5, 5.41) is 3.23. The van der Waals surface area contributed by atoms with E-state index in [1.165, 1.54) is 6.33 Å². The van der Waals surface area contributed by atoms with Crippen molar-refractivity contribution in [1.29, 1.82) is 0 Å². The van der Waals surface area contributed by atoms with Gasteiger partial charge in [0.2, 0.25) is 5.88 Å². The van der Waals surface area contributed by atoms with Crippen LogP contribution in [0.3, 0.4) is 0 Å². The van der Waals surface area contributed by atoms with Gasteiger partial charge >= 0.3 is 0 Å². The highest BCUT2D eigenvalue weighted by atomic mass is 16.5. The first-order chi connectivity index (χ1) is 8.40. The minimum Gasteiger partial charge on any atom is -0.439 e. The lowest BCUT2D eigenvalue weighted by Gasteiger charge is -2.09. The van der Waals surface area contributed by atoms with E-state index in [1.807, 2.05) is 30.3 Å². The SMILES string of the molecule is CCNCc1cncnc1Oc1ccccc1. The fraction of sp³-hybridized carbons (Fsp3) is 0.231.